The predicted molar refractivity (Wildman–Crippen MR) is 151 cm³/mol. The predicted octanol–water partition coefficient (Wildman–Crippen LogP) is 4.97. The van der Waals surface area contributed by atoms with E-state index in [1.807, 2.05) is 6.07 Å². The monoisotopic (exact) mass is 632 g/mol. The molecule has 1 fully saturated rings. The Morgan fingerprint density at radius 2 is 1.79 bits per heavy atom. The summed E-state index contributed by atoms with van der Waals surface area (Å²) in [6, 6.07) is 13.2. The fraction of sp³-hybridized carbons (Fsp3) is 0.207. The van der Waals surface area contributed by atoms with Gasteiger partial charge in [0.25, 0.3) is 11.8 Å². The Labute approximate surface area is 252 Å². The summed E-state index contributed by atoms with van der Waals surface area (Å²) in [4.78, 5) is 50.3. The van der Waals surface area contributed by atoms with E-state index >= 15 is 0 Å². The second kappa shape index (κ2) is 12.1. The minimum absolute atomic E-state index is 0.100. The first-order valence-electron chi connectivity index (χ1n) is 12.8. The molecule has 0 spiro atoms. The van der Waals surface area contributed by atoms with E-state index in [2.05, 4.69) is 15.8 Å². The van der Waals surface area contributed by atoms with E-state index in [9.17, 15) is 32.3 Å². The molecule has 0 saturated carbocycles. The van der Waals surface area contributed by atoms with Crippen molar-refractivity contribution in [2.45, 2.75) is 31.6 Å². The van der Waals surface area contributed by atoms with E-state index in [1.165, 1.54) is 4.90 Å². The van der Waals surface area contributed by atoms with Crippen LogP contribution in [0.1, 0.15) is 39.9 Å². The number of carbonyl (C=O) groups excluding carboxylic acids is 4. The zero-order valence-corrected chi connectivity index (χ0v) is 23.5. The maximum atomic E-state index is 13.3. The average Bonchev–Trinajstić information content (AvgIpc) is 3.29. The van der Waals surface area contributed by atoms with E-state index < -0.39 is 41.8 Å². The first kappa shape index (κ1) is 30.1. The number of piperidine rings is 1. The van der Waals surface area contributed by atoms with Gasteiger partial charge in [-0.1, -0.05) is 41.4 Å². The highest BCUT2D eigenvalue weighted by Gasteiger charge is 2.39. The first-order valence-corrected chi connectivity index (χ1v) is 13.6. The second-order valence-electron chi connectivity index (χ2n) is 9.70. The van der Waals surface area contributed by atoms with Gasteiger partial charge < -0.3 is 9.64 Å². The topological polar surface area (TPSA) is 117 Å². The number of amides is 4. The third-order valence-corrected chi connectivity index (χ3v) is 7.72. The van der Waals surface area contributed by atoms with E-state index in [0.717, 1.165) is 35.0 Å². The molecule has 2 N–H and O–H groups in total. The molecule has 1 saturated heterocycles. The lowest BCUT2D eigenvalue weighted by molar-refractivity contribution is -0.138. The maximum Gasteiger partial charge on any atom is 0.417 e. The molecule has 0 aliphatic carbocycles. The molecule has 14 heteroatoms. The largest absolute Gasteiger partial charge is 0.484 e. The van der Waals surface area contributed by atoms with Gasteiger partial charge in [-0.15, -0.1) is 0 Å². The van der Waals surface area contributed by atoms with Crippen LogP contribution in [0.25, 0.3) is 11.1 Å². The number of halogens is 5. The molecule has 1 unspecified atom stereocenters. The number of hydrogen-bond donors (Lipinski definition) is 2. The lowest BCUT2D eigenvalue weighted by Gasteiger charge is -2.29. The molecule has 2 heterocycles. The zero-order chi connectivity index (χ0) is 30.9. The van der Waals surface area contributed by atoms with Gasteiger partial charge in [0.15, 0.2) is 6.61 Å². The number of ether oxygens (including phenoxy) is 1. The molecule has 0 aromatic heterocycles. The van der Waals surface area contributed by atoms with E-state index in [1.54, 1.807) is 36.4 Å². The molecule has 9 nitrogen and oxygen atoms in total. The Balaban J connectivity index is 1.18. The number of nitrogens with one attached hydrogen (secondary N) is 2. The fourth-order valence-electron chi connectivity index (χ4n) is 4.79. The molecule has 43 heavy (non-hydrogen) atoms. The normalized spacial score (nSPS) is 16.8. The van der Waals surface area contributed by atoms with Crippen molar-refractivity contribution in [1.29, 1.82) is 0 Å². The van der Waals surface area contributed by atoms with Crippen LogP contribution in [-0.4, -0.2) is 47.4 Å². The summed E-state index contributed by atoms with van der Waals surface area (Å²) in [5.41, 5.74) is 3.41. The molecule has 2 aliphatic heterocycles. The number of fused-ring (bicyclic) bond motifs is 1. The van der Waals surface area contributed by atoms with Crippen molar-refractivity contribution in [3.05, 3.63) is 86.9 Å². The summed E-state index contributed by atoms with van der Waals surface area (Å²) >= 11 is 11.7. The summed E-state index contributed by atoms with van der Waals surface area (Å²) in [7, 11) is 0. The summed E-state index contributed by atoms with van der Waals surface area (Å²) in [6.07, 6.45) is -3.50. The van der Waals surface area contributed by atoms with Crippen molar-refractivity contribution >= 4 is 53.0 Å². The number of rotatable bonds is 7. The van der Waals surface area contributed by atoms with E-state index in [-0.39, 0.29) is 41.2 Å². The SMILES string of the molecule is O=C(COc1ccc(-c2ccc3c(c2)CN(C2CCC(=O)NC2=O)C3=O)cc1)N/N=C/c1c(C(F)(F)F)ccc(Cl)c1Cl. The minimum Gasteiger partial charge on any atom is -0.484 e. The molecule has 3 aromatic carbocycles. The molecule has 4 amide bonds. The number of carbonyl (C=O) groups is 4. The Morgan fingerprint density at radius 3 is 2.49 bits per heavy atom. The van der Waals surface area contributed by atoms with Crippen LogP contribution in [0.2, 0.25) is 10.0 Å². The van der Waals surface area contributed by atoms with Gasteiger partial charge in [0.2, 0.25) is 11.8 Å². The Morgan fingerprint density at radius 1 is 1.07 bits per heavy atom. The smallest absolute Gasteiger partial charge is 0.417 e. The Bertz CT molecular complexity index is 1660. The molecule has 0 radical (unpaired) electrons. The summed E-state index contributed by atoms with van der Waals surface area (Å²) < 4.78 is 45.2. The molecular weight excluding hydrogens is 612 g/mol. The molecule has 2 aliphatic rings. The highest BCUT2D eigenvalue weighted by molar-refractivity contribution is 6.43. The maximum absolute atomic E-state index is 13.3. The van der Waals surface area contributed by atoms with Gasteiger partial charge in [-0.3, -0.25) is 24.5 Å². The molecule has 1 atom stereocenters. The van der Waals surface area contributed by atoms with Crippen molar-refractivity contribution in [3.63, 3.8) is 0 Å². The van der Waals surface area contributed by atoms with Crippen molar-refractivity contribution in [3.8, 4) is 16.9 Å². The van der Waals surface area contributed by atoms with Crippen molar-refractivity contribution in [2.75, 3.05) is 6.61 Å². The van der Waals surface area contributed by atoms with E-state index in [4.69, 9.17) is 27.9 Å². The number of nitrogens with zero attached hydrogens (tertiary/aromatic N) is 2. The Kier molecular flexibility index (Phi) is 8.43. The van der Waals surface area contributed by atoms with Crippen LogP contribution in [0.4, 0.5) is 13.2 Å². The summed E-state index contributed by atoms with van der Waals surface area (Å²) in [6.45, 7) is -0.225. The number of benzene rings is 3. The standard InChI is InChI=1S/C29H21Cl2F3N4O5/c30-22-8-7-21(29(32,33)34)20(26(22)31)12-35-37-25(40)14-43-18-4-1-15(2-5-18)16-3-6-19-17(11-16)13-38(28(19)42)23-9-10-24(39)36-27(23)41/h1-8,11-12,23H,9-10,13-14H2,(H,37,40)(H,36,39,41)/b35-12+. The lowest BCUT2D eigenvalue weighted by atomic mass is 10.0. The van der Waals surface area contributed by atoms with Crippen LogP contribution < -0.4 is 15.5 Å². The van der Waals surface area contributed by atoms with Crippen LogP contribution in [0, 0.1) is 0 Å². The summed E-state index contributed by atoms with van der Waals surface area (Å²) in [5, 5.41) is 5.37. The van der Waals surface area contributed by atoms with E-state index in [0.29, 0.717) is 11.3 Å². The Hall–Kier alpha value is -4.42. The molecular formula is C29H21Cl2F3N4O5. The molecule has 3 aromatic rings. The molecule has 5 rings (SSSR count). The number of hydrazone groups is 1. The van der Waals surface area contributed by atoms with Gasteiger partial charge in [-0.2, -0.15) is 18.3 Å². The third-order valence-electron chi connectivity index (χ3n) is 6.90. The highest BCUT2D eigenvalue weighted by atomic mass is 35.5. The highest BCUT2D eigenvalue weighted by Crippen LogP contribution is 2.37. The second-order valence-corrected chi connectivity index (χ2v) is 10.5. The lowest BCUT2D eigenvalue weighted by Crippen LogP contribution is -2.52. The van der Waals surface area contributed by atoms with Crippen molar-refractivity contribution in [2.24, 2.45) is 5.10 Å². The van der Waals surface area contributed by atoms with Gasteiger partial charge in [0.1, 0.15) is 11.8 Å². The quantitative estimate of drug-likeness (QED) is 0.217. The fourth-order valence-corrected chi connectivity index (χ4v) is 5.17. The van der Waals surface area contributed by atoms with Crippen LogP contribution in [0.3, 0.4) is 0 Å². The van der Waals surface area contributed by atoms with Gasteiger partial charge in [0.05, 0.1) is 21.8 Å². The van der Waals surface area contributed by atoms with Crippen molar-refractivity contribution in [1.82, 2.24) is 15.6 Å². The summed E-state index contributed by atoms with van der Waals surface area (Å²) in [5.74, 6) is -1.47. The molecule has 222 valence electrons. The van der Waals surface area contributed by atoms with Gasteiger partial charge >= 0.3 is 6.18 Å². The van der Waals surface area contributed by atoms with Crippen LogP contribution in [0.5, 0.6) is 5.75 Å². The number of hydrogen-bond acceptors (Lipinski definition) is 6. The number of alkyl halides is 3. The number of imide groups is 1. The van der Waals surface area contributed by atoms with Crippen LogP contribution in [-0.2, 0) is 27.1 Å². The van der Waals surface area contributed by atoms with Crippen LogP contribution in [0.15, 0.2) is 59.7 Å². The van der Waals surface area contributed by atoms with Gasteiger partial charge in [-0.05, 0) is 59.5 Å². The van der Waals surface area contributed by atoms with Gasteiger partial charge in [-0.25, -0.2) is 5.43 Å². The third kappa shape index (κ3) is 6.50. The van der Waals surface area contributed by atoms with Crippen LogP contribution >= 0.6 is 23.2 Å². The van der Waals surface area contributed by atoms with Crippen molar-refractivity contribution < 1.29 is 37.1 Å². The first-order chi connectivity index (χ1) is 20.4. The van der Waals surface area contributed by atoms with Gasteiger partial charge in [0, 0.05) is 24.1 Å². The zero-order valence-electron chi connectivity index (χ0n) is 22.0. The average molecular weight is 633 g/mol. The minimum atomic E-state index is -4.71. The molecule has 0 bridgehead atoms.